The Kier molecular flexibility index (Phi) is 2.48. The average molecular weight is 227 g/mol. The molecule has 4 nitrogen and oxygen atoms in total. The number of hydrogen-bond donors (Lipinski definition) is 0. The standard InChI is InChI=1S/C13H13N3O/c17-13(10-5-4-6-10)12-9-14-15-16(12)11-7-2-1-3-8-11/h1-3,7-10H,4-6H2. The molecule has 0 aliphatic heterocycles. The van der Waals surface area contributed by atoms with E-state index in [1.54, 1.807) is 10.9 Å². The van der Waals surface area contributed by atoms with Gasteiger partial charge in [0.1, 0.15) is 5.69 Å². The topological polar surface area (TPSA) is 47.8 Å². The second kappa shape index (κ2) is 4.13. The molecule has 1 fully saturated rings. The van der Waals surface area contributed by atoms with Crippen molar-refractivity contribution in [1.29, 1.82) is 0 Å². The van der Waals surface area contributed by atoms with E-state index in [0.29, 0.717) is 5.69 Å². The molecule has 0 amide bonds. The van der Waals surface area contributed by atoms with E-state index in [9.17, 15) is 4.79 Å². The summed E-state index contributed by atoms with van der Waals surface area (Å²) in [4.78, 5) is 12.2. The van der Waals surface area contributed by atoms with E-state index in [2.05, 4.69) is 10.3 Å². The Labute approximate surface area is 99.3 Å². The van der Waals surface area contributed by atoms with Crippen molar-refractivity contribution in [3.05, 3.63) is 42.2 Å². The Morgan fingerprint density at radius 2 is 2.00 bits per heavy atom. The SMILES string of the molecule is O=C(c1cnnn1-c1ccccc1)C1CCC1. The first-order chi connectivity index (χ1) is 8.36. The predicted octanol–water partition coefficient (Wildman–Crippen LogP) is 2.25. The largest absolute Gasteiger partial charge is 0.292 e. The highest BCUT2D eigenvalue weighted by Gasteiger charge is 2.29. The van der Waals surface area contributed by atoms with Gasteiger partial charge < -0.3 is 0 Å². The number of aromatic nitrogens is 3. The molecule has 2 aromatic rings. The van der Waals surface area contributed by atoms with E-state index in [1.807, 2.05) is 30.3 Å². The number of carbonyl (C=O) groups excluding carboxylic acids is 1. The van der Waals surface area contributed by atoms with Crippen LogP contribution in [0.2, 0.25) is 0 Å². The van der Waals surface area contributed by atoms with Gasteiger partial charge in [-0.1, -0.05) is 29.8 Å². The van der Waals surface area contributed by atoms with Crippen LogP contribution in [-0.4, -0.2) is 20.8 Å². The number of carbonyl (C=O) groups is 1. The van der Waals surface area contributed by atoms with Gasteiger partial charge in [0.05, 0.1) is 11.9 Å². The minimum absolute atomic E-state index is 0.171. The summed E-state index contributed by atoms with van der Waals surface area (Å²) in [7, 11) is 0. The van der Waals surface area contributed by atoms with Gasteiger partial charge in [-0.25, -0.2) is 4.68 Å². The molecule has 4 heteroatoms. The molecular formula is C13H13N3O. The van der Waals surface area contributed by atoms with Gasteiger partial charge in [-0.05, 0) is 25.0 Å². The summed E-state index contributed by atoms with van der Waals surface area (Å²) in [6.07, 6.45) is 4.72. The zero-order valence-electron chi connectivity index (χ0n) is 9.41. The minimum Gasteiger partial charge on any atom is -0.292 e. The Hall–Kier alpha value is -1.97. The second-order valence-electron chi connectivity index (χ2n) is 4.36. The van der Waals surface area contributed by atoms with E-state index in [1.165, 1.54) is 0 Å². The summed E-state index contributed by atoms with van der Waals surface area (Å²) in [6.45, 7) is 0. The molecule has 17 heavy (non-hydrogen) atoms. The van der Waals surface area contributed by atoms with Crippen LogP contribution in [0.4, 0.5) is 0 Å². The van der Waals surface area contributed by atoms with Crippen LogP contribution in [0.15, 0.2) is 36.5 Å². The van der Waals surface area contributed by atoms with E-state index < -0.39 is 0 Å². The number of benzene rings is 1. The fourth-order valence-corrected chi connectivity index (χ4v) is 2.04. The Morgan fingerprint density at radius 1 is 1.24 bits per heavy atom. The van der Waals surface area contributed by atoms with E-state index in [-0.39, 0.29) is 11.7 Å². The number of nitrogens with zero attached hydrogens (tertiary/aromatic N) is 3. The van der Waals surface area contributed by atoms with Gasteiger partial charge in [0.15, 0.2) is 5.78 Å². The van der Waals surface area contributed by atoms with Crippen LogP contribution in [0.3, 0.4) is 0 Å². The van der Waals surface area contributed by atoms with Crippen molar-refractivity contribution in [2.24, 2.45) is 5.92 Å². The maximum Gasteiger partial charge on any atom is 0.186 e. The van der Waals surface area contributed by atoms with E-state index in [4.69, 9.17) is 0 Å². The second-order valence-corrected chi connectivity index (χ2v) is 4.36. The molecule has 0 N–H and O–H groups in total. The first kappa shape index (κ1) is 10.2. The predicted molar refractivity (Wildman–Crippen MR) is 63.0 cm³/mol. The maximum atomic E-state index is 12.2. The van der Waals surface area contributed by atoms with Crippen LogP contribution in [0.1, 0.15) is 29.8 Å². The van der Waals surface area contributed by atoms with Crippen LogP contribution in [0, 0.1) is 5.92 Å². The van der Waals surface area contributed by atoms with Gasteiger partial charge in [0, 0.05) is 5.92 Å². The zero-order chi connectivity index (χ0) is 11.7. The first-order valence-corrected chi connectivity index (χ1v) is 5.86. The van der Waals surface area contributed by atoms with Gasteiger partial charge in [-0.3, -0.25) is 4.79 Å². The highest BCUT2D eigenvalue weighted by Crippen LogP contribution is 2.29. The maximum absolute atomic E-state index is 12.2. The first-order valence-electron chi connectivity index (χ1n) is 5.86. The van der Waals surface area contributed by atoms with Crippen molar-refractivity contribution in [3.8, 4) is 5.69 Å². The molecule has 3 rings (SSSR count). The van der Waals surface area contributed by atoms with Crippen molar-refractivity contribution < 1.29 is 4.79 Å². The zero-order valence-corrected chi connectivity index (χ0v) is 9.41. The fourth-order valence-electron chi connectivity index (χ4n) is 2.04. The highest BCUT2D eigenvalue weighted by atomic mass is 16.1. The molecule has 86 valence electrons. The van der Waals surface area contributed by atoms with Gasteiger partial charge in [-0.15, -0.1) is 5.10 Å². The molecule has 0 spiro atoms. The lowest BCUT2D eigenvalue weighted by Gasteiger charge is -2.23. The van der Waals surface area contributed by atoms with Crippen molar-refractivity contribution in [2.75, 3.05) is 0 Å². The van der Waals surface area contributed by atoms with Crippen LogP contribution < -0.4 is 0 Å². The van der Waals surface area contributed by atoms with Crippen LogP contribution in [-0.2, 0) is 0 Å². The van der Waals surface area contributed by atoms with Crippen LogP contribution in [0.5, 0.6) is 0 Å². The lowest BCUT2D eigenvalue weighted by Crippen LogP contribution is -2.24. The molecule has 0 unspecified atom stereocenters. The van der Waals surface area contributed by atoms with E-state index in [0.717, 1.165) is 24.9 Å². The Balaban J connectivity index is 1.96. The summed E-state index contributed by atoms with van der Waals surface area (Å²) in [5, 5.41) is 7.85. The third kappa shape index (κ3) is 1.75. The number of hydrogen-bond acceptors (Lipinski definition) is 3. The Morgan fingerprint density at radius 3 is 2.65 bits per heavy atom. The molecule has 0 bridgehead atoms. The highest BCUT2D eigenvalue weighted by molar-refractivity contribution is 5.97. The summed E-state index contributed by atoms with van der Waals surface area (Å²) < 4.78 is 1.63. The number of rotatable bonds is 3. The van der Waals surface area contributed by atoms with E-state index >= 15 is 0 Å². The molecule has 0 radical (unpaired) electrons. The Bertz CT molecular complexity index is 529. The monoisotopic (exact) mass is 227 g/mol. The van der Waals surface area contributed by atoms with Gasteiger partial charge in [0.2, 0.25) is 0 Å². The average Bonchev–Trinajstić information content (AvgIpc) is 2.76. The molecule has 1 aromatic carbocycles. The molecule has 0 saturated heterocycles. The minimum atomic E-state index is 0.171. The third-order valence-corrected chi connectivity index (χ3v) is 3.28. The van der Waals surface area contributed by atoms with Gasteiger partial charge in [-0.2, -0.15) is 0 Å². The van der Waals surface area contributed by atoms with Crippen LogP contribution in [0.25, 0.3) is 5.69 Å². The lowest BCUT2D eigenvalue weighted by atomic mass is 9.81. The number of ketones is 1. The number of Topliss-reactive ketones (excluding diaryl/α,β-unsaturated/α-hetero) is 1. The normalized spacial score (nSPS) is 15.5. The molecule has 0 atom stereocenters. The quantitative estimate of drug-likeness (QED) is 0.755. The van der Waals surface area contributed by atoms with Crippen molar-refractivity contribution in [1.82, 2.24) is 15.0 Å². The van der Waals surface area contributed by atoms with Gasteiger partial charge in [0.25, 0.3) is 0 Å². The number of para-hydroxylation sites is 1. The van der Waals surface area contributed by atoms with Crippen molar-refractivity contribution >= 4 is 5.78 Å². The van der Waals surface area contributed by atoms with Crippen molar-refractivity contribution in [2.45, 2.75) is 19.3 Å². The molecule has 1 aromatic heterocycles. The third-order valence-electron chi connectivity index (χ3n) is 3.28. The molecular weight excluding hydrogens is 214 g/mol. The summed E-state index contributed by atoms with van der Waals surface area (Å²) >= 11 is 0. The molecule has 1 aliphatic carbocycles. The van der Waals surface area contributed by atoms with Crippen molar-refractivity contribution in [3.63, 3.8) is 0 Å². The smallest absolute Gasteiger partial charge is 0.186 e. The molecule has 1 saturated carbocycles. The van der Waals surface area contributed by atoms with Gasteiger partial charge >= 0.3 is 0 Å². The summed E-state index contributed by atoms with van der Waals surface area (Å²) in [5.74, 6) is 0.348. The molecule has 1 aliphatic rings. The summed E-state index contributed by atoms with van der Waals surface area (Å²) in [6, 6.07) is 9.63. The lowest BCUT2D eigenvalue weighted by molar-refractivity contribution is 0.0847. The summed E-state index contributed by atoms with van der Waals surface area (Å²) in [5.41, 5.74) is 1.48. The fraction of sp³-hybridized carbons (Fsp3) is 0.308. The van der Waals surface area contributed by atoms with Crippen LogP contribution >= 0.6 is 0 Å². The molecule has 1 heterocycles.